The lowest BCUT2D eigenvalue weighted by molar-refractivity contribution is 0.0652. The van der Waals surface area contributed by atoms with Gasteiger partial charge in [0.25, 0.3) is 0 Å². The SMILES string of the molecule is Cc1cc(COC(C)C)ccc1C(=O)O. The number of rotatable bonds is 4. The van der Waals surface area contributed by atoms with Gasteiger partial charge in [-0.2, -0.15) is 0 Å². The molecule has 0 aromatic heterocycles. The molecule has 0 heterocycles. The molecule has 3 heteroatoms. The molecule has 0 amide bonds. The van der Waals surface area contributed by atoms with E-state index in [9.17, 15) is 4.79 Å². The number of hydrogen-bond acceptors (Lipinski definition) is 2. The number of carboxylic acid groups (broad SMARTS) is 1. The van der Waals surface area contributed by atoms with Crippen LogP contribution >= 0.6 is 0 Å². The fourth-order valence-electron chi connectivity index (χ4n) is 1.32. The summed E-state index contributed by atoms with van der Waals surface area (Å²) in [4.78, 5) is 10.8. The zero-order valence-corrected chi connectivity index (χ0v) is 9.28. The summed E-state index contributed by atoms with van der Waals surface area (Å²) in [6.45, 7) is 6.26. The molecule has 0 radical (unpaired) electrons. The topological polar surface area (TPSA) is 46.5 Å². The van der Waals surface area contributed by atoms with E-state index in [0.717, 1.165) is 11.1 Å². The molecule has 0 saturated carbocycles. The highest BCUT2D eigenvalue weighted by Gasteiger charge is 2.07. The summed E-state index contributed by atoms with van der Waals surface area (Å²) in [5, 5.41) is 8.84. The van der Waals surface area contributed by atoms with Crippen LogP contribution in [0.1, 0.15) is 35.3 Å². The van der Waals surface area contributed by atoms with Crippen molar-refractivity contribution in [3.63, 3.8) is 0 Å². The van der Waals surface area contributed by atoms with Crippen LogP contribution in [0.3, 0.4) is 0 Å². The number of carboxylic acids is 1. The van der Waals surface area contributed by atoms with Crippen molar-refractivity contribution in [2.75, 3.05) is 0 Å². The average Bonchev–Trinajstić information content (AvgIpc) is 2.14. The van der Waals surface area contributed by atoms with Crippen LogP contribution in [0.5, 0.6) is 0 Å². The Morgan fingerprint density at radius 2 is 2.13 bits per heavy atom. The van der Waals surface area contributed by atoms with Gasteiger partial charge in [-0.3, -0.25) is 0 Å². The lowest BCUT2D eigenvalue weighted by Gasteiger charge is -2.09. The Morgan fingerprint density at radius 3 is 2.60 bits per heavy atom. The van der Waals surface area contributed by atoms with Crippen molar-refractivity contribution in [2.24, 2.45) is 0 Å². The number of carbonyl (C=O) groups is 1. The molecule has 1 N–H and O–H groups in total. The minimum Gasteiger partial charge on any atom is -0.478 e. The Bertz CT molecular complexity index is 356. The van der Waals surface area contributed by atoms with Crippen molar-refractivity contribution in [3.05, 3.63) is 34.9 Å². The van der Waals surface area contributed by atoms with Gasteiger partial charge in [0, 0.05) is 0 Å². The Balaban J connectivity index is 2.78. The fraction of sp³-hybridized carbons (Fsp3) is 0.417. The zero-order valence-electron chi connectivity index (χ0n) is 9.28. The molecular formula is C12H16O3. The minimum atomic E-state index is -0.885. The van der Waals surface area contributed by atoms with Crippen LogP contribution < -0.4 is 0 Å². The van der Waals surface area contributed by atoms with Crippen LogP contribution in [0.15, 0.2) is 18.2 Å². The van der Waals surface area contributed by atoms with E-state index in [1.807, 2.05) is 19.9 Å². The molecule has 1 rings (SSSR count). The Kier molecular flexibility index (Phi) is 3.86. The number of aryl methyl sites for hydroxylation is 1. The van der Waals surface area contributed by atoms with Gasteiger partial charge in [-0.05, 0) is 38.0 Å². The number of benzene rings is 1. The van der Waals surface area contributed by atoms with Gasteiger partial charge in [-0.1, -0.05) is 12.1 Å². The predicted octanol–water partition coefficient (Wildman–Crippen LogP) is 2.62. The first kappa shape index (κ1) is 11.7. The van der Waals surface area contributed by atoms with Gasteiger partial charge in [0.1, 0.15) is 0 Å². The highest BCUT2D eigenvalue weighted by atomic mass is 16.5. The van der Waals surface area contributed by atoms with Crippen LogP contribution in [-0.2, 0) is 11.3 Å². The van der Waals surface area contributed by atoms with E-state index < -0.39 is 5.97 Å². The third kappa shape index (κ3) is 3.36. The third-order valence-electron chi connectivity index (χ3n) is 2.10. The summed E-state index contributed by atoms with van der Waals surface area (Å²) in [7, 11) is 0. The monoisotopic (exact) mass is 208 g/mol. The molecule has 1 aromatic rings. The average molecular weight is 208 g/mol. The molecule has 0 saturated heterocycles. The summed E-state index contributed by atoms with van der Waals surface area (Å²) in [6, 6.07) is 5.27. The van der Waals surface area contributed by atoms with Crippen molar-refractivity contribution >= 4 is 5.97 Å². The van der Waals surface area contributed by atoms with Crippen LogP contribution in [0.2, 0.25) is 0 Å². The largest absolute Gasteiger partial charge is 0.478 e. The van der Waals surface area contributed by atoms with Gasteiger partial charge in [0.15, 0.2) is 0 Å². The number of ether oxygens (including phenoxy) is 1. The maximum Gasteiger partial charge on any atom is 0.335 e. The molecule has 0 aliphatic carbocycles. The predicted molar refractivity (Wildman–Crippen MR) is 58.1 cm³/mol. The van der Waals surface area contributed by atoms with Gasteiger partial charge >= 0.3 is 5.97 Å². The molecule has 0 aliphatic heterocycles. The van der Waals surface area contributed by atoms with Crippen LogP contribution in [0, 0.1) is 6.92 Å². The van der Waals surface area contributed by atoms with Gasteiger partial charge in [-0.25, -0.2) is 4.79 Å². The number of aromatic carboxylic acids is 1. The zero-order chi connectivity index (χ0) is 11.4. The lowest BCUT2D eigenvalue weighted by atomic mass is 10.1. The Labute approximate surface area is 89.7 Å². The molecule has 0 aliphatic rings. The second-order valence-electron chi connectivity index (χ2n) is 3.81. The maximum atomic E-state index is 10.8. The van der Waals surface area contributed by atoms with E-state index in [1.165, 1.54) is 0 Å². The lowest BCUT2D eigenvalue weighted by Crippen LogP contribution is -2.04. The minimum absolute atomic E-state index is 0.185. The first-order valence-electron chi connectivity index (χ1n) is 4.95. The summed E-state index contributed by atoms with van der Waals surface area (Å²) in [5.74, 6) is -0.885. The van der Waals surface area contributed by atoms with Gasteiger partial charge < -0.3 is 9.84 Å². The van der Waals surface area contributed by atoms with Crippen LogP contribution in [-0.4, -0.2) is 17.2 Å². The second kappa shape index (κ2) is 4.94. The molecule has 3 nitrogen and oxygen atoms in total. The smallest absolute Gasteiger partial charge is 0.335 e. The fourth-order valence-corrected chi connectivity index (χ4v) is 1.32. The molecule has 15 heavy (non-hydrogen) atoms. The summed E-state index contributed by atoms with van der Waals surface area (Å²) < 4.78 is 5.44. The molecule has 0 unspecified atom stereocenters. The quantitative estimate of drug-likeness (QED) is 0.827. The molecule has 0 bridgehead atoms. The van der Waals surface area contributed by atoms with Gasteiger partial charge in [-0.15, -0.1) is 0 Å². The van der Waals surface area contributed by atoms with Crippen LogP contribution in [0.25, 0.3) is 0 Å². The second-order valence-corrected chi connectivity index (χ2v) is 3.81. The third-order valence-corrected chi connectivity index (χ3v) is 2.10. The molecule has 0 spiro atoms. The maximum absolute atomic E-state index is 10.8. The molecular weight excluding hydrogens is 192 g/mol. The number of hydrogen-bond donors (Lipinski definition) is 1. The van der Waals surface area contributed by atoms with E-state index in [2.05, 4.69) is 0 Å². The van der Waals surface area contributed by atoms with E-state index in [1.54, 1.807) is 19.1 Å². The van der Waals surface area contributed by atoms with E-state index >= 15 is 0 Å². The first-order chi connectivity index (χ1) is 7.00. The molecule has 0 fully saturated rings. The van der Waals surface area contributed by atoms with Crippen molar-refractivity contribution < 1.29 is 14.6 Å². The summed E-state index contributed by atoms with van der Waals surface area (Å²) in [5.41, 5.74) is 2.13. The standard InChI is InChI=1S/C12H16O3/c1-8(2)15-7-10-4-5-11(12(13)14)9(3)6-10/h4-6,8H,7H2,1-3H3,(H,13,14). The van der Waals surface area contributed by atoms with E-state index in [4.69, 9.17) is 9.84 Å². The summed E-state index contributed by atoms with van der Waals surface area (Å²) in [6.07, 6.45) is 0.185. The van der Waals surface area contributed by atoms with E-state index in [-0.39, 0.29) is 6.10 Å². The summed E-state index contributed by atoms with van der Waals surface area (Å²) >= 11 is 0. The Morgan fingerprint density at radius 1 is 1.47 bits per heavy atom. The Hall–Kier alpha value is -1.35. The van der Waals surface area contributed by atoms with Crippen molar-refractivity contribution in [3.8, 4) is 0 Å². The van der Waals surface area contributed by atoms with Gasteiger partial charge in [0.2, 0.25) is 0 Å². The molecule has 82 valence electrons. The highest BCUT2D eigenvalue weighted by Crippen LogP contribution is 2.12. The van der Waals surface area contributed by atoms with Crippen molar-refractivity contribution in [1.82, 2.24) is 0 Å². The molecule has 1 aromatic carbocycles. The van der Waals surface area contributed by atoms with Crippen molar-refractivity contribution in [2.45, 2.75) is 33.5 Å². The van der Waals surface area contributed by atoms with E-state index in [0.29, 0.717) is 12.2 Å². The van der Waals surface area contributed by atoms with Gasteiger partial charge in [0.05, 0.1) is 18.3 Å². The van der Waals surface area contributed by atoms with Crippen molar-refractivity contribution in [1.29, 1.82) is 0 Å². The first-order valence-corrected chi connectivity index (χ1v) is 4.95. The normalized spacial score (nSPS) is 10.7. The molecule has 0 atom stereocenters. The highest BCUT2D eigenvalue weighted by molar-refractivity contribution is 5.89. The van der Waals surface area contributed by atoms with Crippen LogP contribution in [0.4, 0.5) is 0 Å².